The molecule has 0 bridgehead atoms. The molecule has 7 heteroatoms. The first kappa shape index (κ1) is 17.5. The number of rotatable bonds is 4. The van der Waals surface area contributed by atoms with Crippen molar-refractivity contribution < 1.29 is 13.2 Å². The molecule has 1 aromatic heterocycles. The number of halogens is 3. The Bertz CT molecular complexity index is 695. The maximum atomic E-state index is 12.8. The minimum Gasteiger partial charge on any atom is -0.367 e. The number of hydrogen-bond acceptors (Lipinski definition) is 4. The minimum absolute atomic E-state index is 0.276. The van der Waals surface area contributed by atoms with Crippen LogP contribution in [-0.2, 0) is 6.18 Å². The number of anilines is 3. The second-order valence-corrected chi connectivity index (χ2v) is 6.30. The molecule has 25 heavy (non-hydrogen) atoms. The van der Waals surface area contributed by atoms with Crippen molar-refractivity contribution in [2.24, 2.45) is 0 Å². The minimum atomic E-state index is -4.37. The number of nitrogens with one attached hydrogen (secondary N) is 2. The summed E-state index contributed by atoms with van der Waals surface area (Å²) in [6.07, 6.45) is 4.40. The molecule has 134 valence electrons. The van der Waals surface area contributed by atoms with E-state index in [4.69, 9.17) is 0 Å². The number of aromatic nitrogens is 2. The lowest BCUT2D eigenvalue weighted by molar-refractivity contribution is -0.137. The molecule has 0 aliphatic heterocycles. The van der Waals surface area contributed by atoms with Crippen molar-refractivity contribution in [2.45, 2.75) is 50.7 Å². The van der Waals surface area contributed by atoms with Crippen molar-refractivity contribution >= 4 is 17.5 Å². The molecule has 0 unspecified atom stereocenters. The van der Waals surface area contributed by atoms with Gasteiger partial charge in [0.05, 0.1) is 5.56 Å². The van der Waals surface area contributed by atoms with Crippen LogP contribution in [0.15, 0.2) is 36.5 Å². The second kappa shape index (κ2) is 7.72. The summed E-state index contributed by atoms with van der Waals surface area (Å²) in [5, 5.41) is 6.26. The molecule has 1 fully saturated rings. The first-order valence-electron chi connectivity index (χ1n) is 8.54. The Morgan fingerprint density at radius 2 is 1.76 bits per heavy atom. The fourth-order valence-electron chi connectivity index (χ4n) is 3.03. The van der Waals surface area contributed by atoms with Gasteiger partial charge in [0.2, 0.25) is 5.95 Å². The van der Waals surface area contributed by atoms with Crippen LogP contribution in [0.1, 0.15) is 44.1 Å². The summed E-state index contributed by atoms with van der Waals surface area (Å²) >= 11 is 0. The Labute approximate surface area is 144 Å². The average Bonchev–Trinajstić information content (AvgIpc) is 2.83. The molecule has 1 heterocycles. The normalized spacial score (nSPS) is 16.3. The molecule has 0 saturated heterocycles. The topological polar surface area (TPSA) is 49.8 Å². The molecule has 1 aromatic carbocycles. The maximum Gasteiger partial charge on any atom is 0.416 e. The first-order valence-corrected chi connectivity index (χ1v) is 8.54. The van der Waals surface area contributed by atoms with Crippen molar-refractivity contribution in [3.8, 4) is 0 Å². The molecule has 2 N–H and O–H groups in total. The third kappa shape index (κ3) is 5.08. The van der Waals surface area contributed by atoms with Crippen molar-refractivity contribution in [2.75, 3.05) is 10.6 Å². The van der Waals surface area contributed by atoms with Crippen LogP contribution in [-0.4, -0.2) is 16.0 Å². The number of alkyl halides is 3. The van der Waals surface area contributed by atoms with Gasteiger partial charge in [-0.2, -0.15) is 18.2 Å². The van der Waals surface area contributed by atoms with E-state index in [1.165, 1.54) is 31.7 Å². The summed E-state index contributed by atoms with van der Waals surface area (Å²) < 4.78 is 38.4. The van der Waals surface area contributed by atoms with E-state index >= 15 is 0 Å². The quantitative estimate of drug-likeness (QED) is 0.728. The Balaban J connectivity index is 1.69. The van der Waals surface area contributed by atoms with Gasteiger partial charge in [0.1, 0.15) is 5.82 Å². The van der Waals surface area contributed by atoms with Gasteiger partial charge in [-0.3, -0.25) is 0 Å². The smallest absolute Gasteiger partial charge is 0.367 e. The highest BCUT2D eigenvalue weighted by atomic mass is 19.4. The van der Waals surface area contributed by atoms with Crippen LogP contribution in [0.3, 0.4) is 0 Å². The fourth-order valence-corrected chi connectivity index (χ4v) is 3.03. The zero-order chi connectivity index (χ0) is 17.7. The van der Waals surface area contributed by atoms with E-state index < -0.39 is 11.7 Å². The molecule has 0 spiro atoms. The predicted molar refractivity (Wildman–Crippen MR) is 91.9 cm³/mol. The van der Waals surface area contributed by atoms with Crippen molar-refractivity contribution in [3.63, 3.8) is 0 Å². The number of benzene rings is 1. The van der Waals surface area contributed by atoms with Gasteiger partial charge in [0.15, 0.2) is 0 Å². The average molecular weight is 350 g/mol. The Kier molecular flexibility index (Phi) is 5.40. The van der Waals surface area contributed by atoms with Crippen molar-refractivity contribution in [3.05, 3.63) is 42.1 Å². The third-order valence-electron chi connectivity index (χ3n) is 4.31. The molecule has 1 saturated carbocycles. The van der Waals surface area contributed by atoms with Gasteiger partial charge in [-0.15, -0.1) is 0 Å². The van der Waals surface area contributed by atoms with Crippen LogP contribution < -0.4 is 10.6 Å². The standard InChI is InChI=1S/C18H21F3N4/c19-18(20,21)13-6-5-9-15(12-13)24-17-22-11-10-16(25-17)23-14-7-3-1-2-4-8-14/h5-6,9-12,14H,1-4,7-8H2,(H2,22,23,24,25). The lowest BCUT2D eigenvalue weighted by Crippen LogP contribution is -2.19. The molecular formula is C18H21F3N4. The zero-order valence-corrected chi connectivity index (χ0v) is 13.8. The molecule has 0 radical (unpaired) electrons. The zero-order valence-electron chi connectivity index (χ0n) is 13.8. The molecule has 2 aromatic rings. The van der Waals surface area contributed by atoms with Gasteiger partial charge in [0.25, 0.3) is 0 Å². The summed E-state index contributed by atoms with van der Waals surface area (Å²) in [6.45, 7) is 0. The van der Waals surface area contributed by atoms with Gasteiger partial charge in [0, 0.05) is 17.9 Å². The van der Waals surface area contributed by atoms with E-state index in [1.54, 1.807) is 18.3 Å². The lowest BCUT2D eigenvalue weighted by Gasteiger charge is -2.17. The molecule has 4 nitrogen and oxygen atoms in total. The van der Waals surface area contributed by atoms with Gasteiger partial charge in [-0.05, 0) is 37.1 Å². The highest BCUT2D eigenvalue weighted by Gasteiger charge is 2.30. The summed E-state index contributed by atoms with van der Waals surface area (Å²) in [4.78, 5) is 8.46. The van der Waals surface area contributed by atoms with Crippen LogP contribution in [0, 0.1) is 0 Å². The highest BCUT2D eigenvalue weighted by Crippen LogP contribution is 2.31. The molecular weight excluding hydrogens is 329 g/mol. The van der Waals surface area contributed by atoms with Crippen LogP contribution in [0.4, 0.5) is 30.6 Å². The van der Waals surface area contributed by atoms with Crippen LogP contribution >= 0.6 is 0 Å². The summed E-state index contributed by atoms with van der Waals surface area (Å²) in [5.41, 5.74) is -0.397. The largest absolute Gasteiger partial charge is 0.416 e. The van der Waals surface area contributed by atoms with Crippen LogP contribution in [0.25, 0.3) is 0 Å². The summed E-state index contributed by atoms with van der Waals surface area (Å²) in [7, 11) is 0. The van der Waals surface area contributed by atoms with Gasteiger partial charge < -0.3 is 10.6 Å². The number of nitrogens with zero attached hydrogens (tertiary/aromatic N) is 2. The lowest BCUT2D eigenvalue weighted by atomic mass is 10.1. The highest BCUT2D eigenvalue weighted by molar-refractivity contribution is 5.56. The van der Waals surface area contributed by atoms with E-state index in [1.807, 2.05) is 0 Å². The Morgan fingerprint density at radius 1 is 1.00 bits per heavy atom. The van der Waals surface area contributed by atoms with E-state index in [9.17, 15) is 13.2 Å². The van der Waals surface area contributed by atoms with Crippen molar-refractivity contribution in [1.29, 1.82) is 0 Å². The summed E-state index contributed by atoms with van der Waals surface area (Å²) in [5.74, 6) is 0.967. The van der Waals surface area contributed by atoms with Crippen LogP contribution in [0.5, 0.6) is 0 Å². The van der Waals surface area contributed by atoms with Gasteiger partial charge in [-0.1, -0.05) is 31.7 Å². The van der Waals surface area contributed by atoms with Gasteiger partial charge >= 0.3 is 6.18 Å². The van der Waals surface area contributed by atoms with Gasteiger partial charge in [-0.25, -0.2) is 4.98 Å². The Hall–Kier alpha value is -2.31. The predicted octanol–water partition coefficient (Wildman–Crippen LogP) is 5.37. The van der Waals surface area contributed by atoms with E-state index in [2.05, 4.69) is 20.6 Å². The van der Waals surface area contributed by atoms with Crippen molar-refractivity contribution in [1.82, 2.24) is 9.97 Å². The fraction of sp³-hybridized carbons (Fsp3) is 0.444. The molecule has 1 aliphatic rings. The third-order valence-corrected chi connectivity index (χ3v) is 4.31. The molecule has 0 amide bonds. The van der Waals surface area contributed by atoms with Crippen LogP contribution in [0.2, 0.25) is 0 Å². The molecule has 3 rings (SSSR count). The van der Waals surface area contributed by atoms with E-state index in [0.717, 1.165) is 25.0 Å². The van der Waals surface area contributed by atoms with E-state index in [0.29, 0.717) is 17.5 Å². The van der Waals surface area contributed by atoms with E-state index in [-0.39, 0.29) is 5.95 Å². The summed E-state index contributed by atoms with van der Waals surface area (Å²) in [6, 6.07) is 7.18. The SMILES string of the molecule is FC(F)(F)c1cccc(Nc2nccc(NC3CCCCCC3)n2)c1. The first-order chi connectivity index (χ1) is 12.0. The Morgan fingerprint density at radius 3 is 2.48 bits per heavy atom. The maximum absolute atomic E-state index is 12.8. The molecule has 0 atom stereocenters. The number of hydrogen-bond donors (Lipinski definition) is 2. The second-order valence-electron chi connectivity index (χ2n) is 6.30. The monoisotopic (exact) mass is 350 g/mol. The molecule has 1 aliphatic carbocycles.